The molecular formula is C11H17NO2. The van der Waals surface area contributed by atoms with Crippen LogP contribution in [0.2, 0.25) is 0 Å². The van der Waals surface area contributed by atoms with Gasteiger partial charge in [-0.15, -0.1) is 0 Å². The second-order valence-electron chi connectivity index (χ2n) is 3.37. The van der Waals surface area contributed by atoms with E-state index in [9.17, 15) is 0 Å². The van der Waals surface area contributed by atoms with E-state index in [2.05, 4.69) is 0 Å². The van der Waals surface area contributed by atoms with Crippen molar-refractivity contribution in [3.05, 3.63) is 23.3 Å². The summed E-state index contributed by atoms with van der Waals surface area (Å²) in [5, 5.41) is 0. The van der Waals surface area contributed by atoms with Crippen molar-refractivity contribution in [2.24, 2.45) is 5.73 Å². The first-order chi connectivity index (χ1) is 6.60. The van der Waals surface area contributed by atoms with Crippen LogP contribution in [0, 0.1) is 6.92 Å². The normalized spacial score (nSPS) is 12.4. The molecule has 1 atom stereocenters. The predicted octanol–water partition coefficient (Wildman–Crippen LogP) is 2.03. The number of rotatable bonds is 3. The standard InChI is InChI=1S/C11H17NO2/c1-7-5-9(13-3)11(8(2)12)10(6-7)14-4/h5-6,8H,12H2,1-4H3/t8-/m0/s1. The minimum atomic E-state index is -0.0968. The number of methoxy groups -OCH3 is 2. The van der Waals surface area contributed by atoms with Crippen molar-refractivity contribution in [1.82, 2.24) is 0 Å². The molecule has 0 aromatic heterocycles. The van der Waals surface area contributed by atoms with Gasteiger partial charge < -0.3 is 15.2 Å². The predicted molar refractivity (Wildman–Crippen MR) is 56.9 cm³/mol. The number of ether oxygens (including phenoxy) is 2. The van der Waals surface area contributed by atoms with Crippen LogP contribution in [0.1, 0.15) is 24.1 Å². The summed E-state index contributed by atoms with van der Waals surface area (Å²) in [6.45, 7) is 3.91. The maximum Gasteiger partial charge on any atom is 0.127 e. The van der Waals surface area contributed by atoms with Gasteiger partial charge in [0.1, 0.15) is 11.5 Å². The molecule has 78 valence electrons. The third kappa shape index (κ3) is 1.99. The zero-order chi connectivity index (χ0) is 10.7. The average Bonchev–Trinajstić information content (AvgIpc) is 2.15. The number of aryl methyl sites for hydroxylation is 1. The maximum absolute atomic E-state index is 5.86. The van der Waals surface area contributed by atoms with Crippen LogP contribution in [0.15, 0.2) is 12.1 Å². The molecular weight excluding hydrogens is 178 g/mol. The van der Waals surface area contributed by atoms with Crippen LogP contribution >= 0.6 is 0 Å². The molecule has 0 spiro atoms. The summed E-state index contributed by atoms with van der Waals surface area (Å²) in [6.07, 6.45) is 0. The van der Waals surface area contributed by atoms with Gasteiger partial charge in [0.2, 0.25) is 0 Å². The highest BCUT2D eigenvalue weighted by Crippen LogP contribution is 2.34. The summed E-state index contributed by atoms with van der Waals surface area (Å²) in [5.41, 5.74) is 7.87. The summed E-state index contributed by atoms with van der Waals surface area (Å²) in [6, 6.07) is 3.82. The monoisotopic (exact) mass is 195 g/mol. The fourth-order valence-corrected chi connectivity index (χ4v) is 1.52. The number of hydrogen-bond acceptors (Lipinski definition) is 3. The Kier molecular flexibility index (Phi) is 3.36. The quantitative estimate of drug-likeness (QED) is 0.802. The maximum atomic E-state index is 5.86. The summed E-state index contributed by atoms with van der Waals surface area (Å²) < 4.78 is 10.5. The van der Waals surface area contributed by atoms with Crippen LogP contribution in [-0.4, -0.2) is 14.2 Å². The molecule has 0 amide bonds. The fourth-order valence-electron chi connectivity index (χ4n) is 1.52. The van der Waals surface area contributed by atoms with Crippen LogP contribution in [-0.2, 0) is 0 Å². The average molecular weight is 195 g/mol. The molecule has 3 heteroatoms. The minimum Gasteiger partial charge on any atom is -0.496 e. The van der Waals surface area contributed by atoms with Crippen molar-refractivity contribution in [2.75, 3.05) is 14.2 Å². The molecule has 0 aliphatic carbocycles. The molecule has 1 aromatic rings. The van der Waals surface area contributed by atoms with Gasteiger partial charge in [0.15, 0.2) is 0 Å². The van der Waals surface area contributed by atoms with E-state index in [4.69, 9.17) is 15.2 Å². The smallest absolute Gasteiger partial charge is 0.127 e. The molecule has 14 heavy (non-hydrogen) atoms. The molecule has 1 aromatic carbocycles. The first kappa shape index (κ1) is 10.9. The largest absolute Gasteiger partial charge is 0.496 e. The molecule has 0 heterocycles. The van der Waals surface area contributed by atoms with Crippen molar-refractivity contribution in [3.8, 4) is 11.5 Å². The van der Waals surface area contributed by atoms with Crippen LogP contribution < -0.4 is 15.2 Å². The third-order valence-corrected chi connectivity index (χ3v) is 2.14. The van der Waals surface area contributed by atoms with Gasteiger partial charge in [0, 0.05) is 6.04 Å². The molecule has 0 fully saturated rings. The van der Waals surface area contributed by atoms with Crippen molar-refractivity contribution >= 4 is 0 Å². The van der Waals surface area contributed by atoms with Crippen LogP contribution in [0.4, 0.5) is 0 Å². The lowest BCUT2D eigenvalue weighted by molar-refractivity contribution is 0.380. The summed E-state index contributed by atoms with van der Waals surface area (Å²) in [4.78, 5) is 0. The zero-order valence-electron chi connectivity index (χ0n) is 9.13. The molecule has 0 saturated carbocycles. The Bertz CT molecular complexity index is 296. The molecule has 0 aliphatic rings. The van der Waals surface area contributed by atoms with Crippen LogP contribution in [0.3, 0.4) is 0 Å². The minimum absolute atomic E-state index is 0.0968. The summed E-state index contributed by atoms with van der Waals surface area (Å²) in [7, 11) is 3.28. The van der Waals surface area contributed by atoms with E-state index in [1.54, 1.807) is 14.2 Å². The third-order valence-electron chi connectivity index (χ3n) is 2.14. The zero-order valence-corrected chi connectivity index (χ0v) is 9.13. The lowest BCUT2D eigenvalue weighted by Gasteiger charge is -2.16. The van der Waals surface area contributed by atoms with Gasteiger partial charge in [0.25, 0.3) is 0 Å². The molecule has 0 unspecified atom stereocenters. The molecule has 1 rings (SSSR count). The van der Waals surface area contributed by atoms with E-state index in [-0.39, 0.29) is 6.04 Å². The molecule has 0 bridgehead atoms. The highest BCUT2D eigenvalue weighted by Gasteiger charge is 2.14. The first-order valence-corrected chi connectivity index (χ1v) is 4.58. The van der Waals surface area contributed by atoms with Crippen molar-refractivity contribution in [1.29, 1.82) is 0 Å². The molecule has 0 radical (unpaired) electrons. The molecule has 0 aliphatic heterocycles. The van der Waals surface area contributed by atoms with Crippen molar-refractivity contribution < 1.29 is 9.47 Å². The van der Waals surface area contributed by atoms with E-state index < -0.39 is 0 Å². The molecule has 3 nitrogen and oxygen atoms in total. The Morgan fingerprint density at radius 2 is 1.57 bits per heavy atom. The van der Waals surface area contributed by atoms with E-state index in [1.807, 2.05) is 26.0 Å². The van der Waals surface area contributed by atoms with Gasteiger partial charge in [-0.2, -0.15) is 0 Å². The van der Waals surface area contributed by atoms with Gasteiger partial charge in [-0.1, -0.05) is 0 Å². The Morgan fingerprint density at radius 1 is 1.14 bits per heavy atom. The van der Waals surface area contributed by atoms with E-state index in [1.165, 1.54) is 0 Å². The van der Waals surface area contributed by atoms with Gasteiger partial charge in [0.05, 0.1) is 19.8 Å². The van der Waals surface area contributed by atoms with E-state index >= 15 is 0 Å². The topological polar surface area (TPSA) is 44.5 Å². The number of nitrogens with two attached hydrogens (primary N) is 1. The summed E-state index contributed by atoms with van der Waals surface area (Å²) >= 11 is 0. The highest BCUT2D eigenvalue weighted by molar-refractivity contribution is 5.49. The highest BCUT2D eigenvalue weighted by atomic mass is 16.5. The van der Waals surface area contributed by atoms with Crippen LogP contribution in [0.5, 0.6) is 11.5 Å². The first-order valence-electron chi connectivity index (χ1n) is 4.58. The van der Waals surface area contributed by atoms with Gasteiger partial charge >= 0.3 is 0 Å². The fraction of sp³-hybridized carbons (Fsp3) is 0.455. The Balaban J connectivity index is 3.33. The summed E-state index contributed by atoms with van der Waals surface area (Å²) in [5.74, 6) is 1.58. The van der Waals surface area contributed by atoms with E-state index in [0.29, 0.717) is 0 Å². The second kappa shape index (κ2) is 4.33. The molecule has 0 saturated heterocycles. The Labute approximate surface area is 84.8 Å². The number of benzene rings is 1. The van der Waals surface area contributed by atoms with Crippen LogP contribution in [0.25, 0.3) is 0 Å². The lowest BCUT2D eigenvalue weighted by Crippen LogP contribution is -2.09. The Morgan fingerprint density at radius 3 is 1.86 bits per heavy atom. The van der Waals surface area contributed by atoms with E-state index in [0.717, 1.165) is 22.6 Å². The Hall–Kier alpha value is -1.22. The number of hydrogen-bond donors (Lipinski definition) is 1. The van der Waals surface area contributed by atoms with Gasteiger partial charge in [-0.3, -0.25) is 0 Å². The van der Waals surface area contributed by atoms with Gasteiger partial charge in [-0.25, -0.2) is 0 Å². The molecule has 2 N–H and O–H groups in total. The van der Waals surface area contributed by atoms with Crippen molar-refractivity contribution in [2.45, 2.75) is 19.9 Å². The second-order valence-corrected chi connectivity index (χ2v) is 3.37. The van der Waals surface area contributed by atoms with Gasteiger partial charge in [-0.05, 0) is 31.5 Å². The SMILES string of the molecule is COc1cc(C)cc(OC)c1[C@H](C)N. The van der Waals surface area contributed by atoms with Crippen molar-refractivity contribution in [3.63, 3.8) is 0 Å². The lowest BCUT2D eigenvalue weighted by atomic mass is 10.0.